The monoisotopic (exact) mass is 347 g/mol. The Kier molecular flexibility index (Phi) is 7.02. The summed E-state index contributed by atoms with van der Waals surface area (Å²) in [4.78, 5) is 2.46. The Morgan fingerprint density at radius 2 is 1.70 bits per heavy atom. The standard InChI is InChI=1S/C18H28F3NS/c1-13(22(5)6)8-7-9-14-10-15(17(2,3)4)12-16(11-14)23-18(19,20)21/h10-13H,7-9H2,1-6H3/t13-/m0/s1. The van der Waals surface area contributed by atoms with E-state index in [-0.39, 0.29) is 17.2 Å². The molecule has 0 fully saturated rings. The molecule has 0 aliphatic carbocycles. The molecule has 0 N–H and O–H groups in total. The van der Waals surface area contributed by atoms with Crippen molar-refractivity contribution in [1.29, 1.82) is 0 Å². The second kappa shape index (κ2) is 7.93. The molecule has 0 radical (unpaired) electrons. The maximum Gasteiger partial charge on any atom is 0.446 e. The Morgan fingerprint density at radius 1 is 1.09 bits per heavy atom. The number of hydrogen-bond donors (Lipinski definition) is 0. The van der Waals surface area contributed by atoms with Crippen molar-refractivity contribution < 1.29 is 13.2 Å². The Balaban J connectivity index is 2.91. The normalized spacial score (nSPS) is 14.3. The lowest BCUT2D eigenvalue weighted by atomic mass is 9.85. The fourth-order valence-corrected chi connectivity index (χ4v) is 2.95. The van der Waals surface area contributed by atoms with E-state index in [0.29, 0.717) is 10.9 Å². The van der Waals surface area contributed by atoms with Crippen LogP contribution in [0.3, 0.4) is 0 Å². The molecule has 0 saturated carbocycles. The Labute approximate surface area is 142 Å². The smallest absolute Gasteiger partial charge is 0.307 e. The zero-order valence-corrected chi connectivity index (χ0v) is 15.7. The SMILES string of the molecule is C[C@@H](CCCc1cc(SC(F)(F)F)cc(C(C)(C)C)c1)N(C)C. The summed E-state index contributed by atoms with van der Waals surface area (Å²) < 4.78 is 38.1. The molecular formula is C18H28F3NS. The van der Waals surface area contributed by atoms with Gasteiger partial charge in [-0.25, -0.2) is 0 Å². The zero-order valence-electron chi connectivity index (χ0n) is 14.9. The summed E-state index contributed by atoms with van der Waals surface area (Å²) in [5.41, 5.74) is -2.45. The van der Waals surface area contributed by atoms with E-state index >= 15 is 0 Å². The first-order valence-electron chi connectivity index (χ1n) is 7.95. The third-order valence-electron chi connectivity index (χ3n) is 4.03. The predicted molar refractivity (Wildman–Crippen MR) is 93.1 cm³/mol. The molecular weight excluding hydrogens is 319 g/mol. The van der Waals surface area contributed by atoms with Gasteiger partial charge in [0.2, 0.25) is 0 Å². The van der Waals surface area contributed by atoms with E-state index in [1.54, 1.807) is 12.1 Å². The van der Waals surface area contributed by atoms with Gasteiger partial charge in [-0.3, -0.25) is 0 Å². The second-order valence-corrected chi connectivity index (χ2v) is 8.51. The number of halogens is 3. The van der Waals surface area contributed by atoms with Crippen molar-refractivity contribution in [1.82, 2.24) is 4.90 Å². The summed E-state index contributed by atoms with van der Waals surface area (Å²) in [6.45, 7) is 8.25. The average Bonchev–Trinajstić information content (AvgIpc) is 2.35. The summed E-state index contributed by atoms with van der Waals surface area (Å²) in [5, 5.41) is 0. The summed E-state index contributed by atoms with van der Waals surface area (Å²) >= 11 is -0.0184. The maximum atomic E-state index is 12.7. The topological polar surface area (TPSA) is 3.24 Å². The molecule has 0 heterocycles. The minimum atomic E-state index is -4.24. The number of aryl methyl sites for hydroxylation is 1. The van der Waals surface area contributed by atoms with Crippen molar-refractivity contribution in [3.05, 3.63) is 29.3 Å². The highest BCUT2D eigenvalue weighted by Gasteiger charge is 2.30. The fraction of sp³-hybridized carbons (Fsp3) is 0.667. The van der Waals surface area contributed by atoms with Gasteiger partial charge in [-0.1, -0.05) is 26.8 Å². The predicted octanol–water partition coefficient (Wildman–Crippen LogP) is 5.87. The van der Waals surface area contributed by atoms with Crippen LogP contribution in [0, 0.1) is 0 Å². The number of hydrogen-bond acceptors (Lipinski definition) is 2. The number of thioether (sulfide) groups is 1. The summed E-state index contributed by atoms with van der Waals surface area (Å²) in [6.07, 6.45) is 2.82. The van der Waals surface area contributed by atoms with E-state index < -0.39 is 5.51 Å². The molecule has 0 unspecified atom stereocenters. The van der Waals surface area contributed by atoms with E-state index in [0.717, 1.165) is 30.4 Å². The molecule has 132 valence electrons. The molecule has 0 saturated heterocycles. The molecule has 0 bridgehead atoms. The van der Waals surface area contributed by atoms with Crippen molar-refractivity contribution in [2.24, 2.45) is 0 Å². The van der Waals surface area contributed by atoms with Gasteiger partial charge in [0.15, 0.2) is 0 Å². The first-order valence-corrected chi connectivity index (χ1v) is 8.77. The van der Waals surface area contributed by atoms with Gasteiger partial charge in [-0.15, -0.1) is 0 Å². The third-order valence-corrected chi connectivity index (χ3v) is 4.74. The van der Waals surface area contributed by atoms with Gasteiger partial charge in [0, 0.05) is 10.9 Å². The Bertz CT molecular complexity index is 504. The van der Waals surface area contributed by atoms with Gasteiger partial charge >= 0.3 is 5.51 Å². The largest absolute Gasteiger partial charge is 0.446 e. The molecule has 1 atom stereocenters. The van der Waals surface area contributed by atoms with Crippen LogP contribution in [0.2, 0.25) is 0 Å². The van der Waals surface area contributed by atoms with Gasteiger partial charge in [0.1, 0.15) is 0 Å². The molecule has 1 rings (SSSR count). The molecule has 0 spiro atoms. The van der Waals surface area contributed by atoms with E-state index in [2.05, 4.69) is 17.9 Å². The van der Waals surface area contributed by atoms with E-state index in [9.17, 15) is 13.2 Å². The molecule has 23 heavy (non-hydrogen) atoms. The Hall–Kier alpha value is -0.680. The molecule has 1 aromatic carbocycles. The van der Waals surface area contributed by atoms with Crippen molar-refractivity contribution in [2.45, 2.75) is 68.8 Å². The molecule has 0 aliphatic rings. The van der Waals surface area contributed by atoms with Crippen LogP contribution in [0.5, 0.6) is 0 Å². The highest BCUT2D eigenvalue weighted by Crippen LogP contribution is 2.39. The minimum Gasteiger partial charge on any atom is -0.307 e. The number of rotatable bonds is 6. The van der Waals surface area contributed by atoms with E-state index in [1.165, 1.54) is 0 Å². The first-order chi connectivity index (χ1) is 10.4. The third kappa shape index (κ3) is 7.62. The van der Waals surface area contributed by atoms with Crippen LogP contribution in [0.4, 0.5) is 13.2 Å². The minimum absolute atomic E-state index is 0.0184. The number of nitrogens with zero attached hydrogens (tertiary/aromatic N) is 1. The lowest BCUT2D eigenvalue weighted by Crippen LogP contribution is -2.24. The highest BCUT2D eigenvalue weighted by atomic mass is 32.2. The van der Waals surface area contributed by atoms with Gasteiger partial charge in [-0.2, -0.15) is 13.2 Å². The molecule has 1 aromatic rings. The first kappa shape index (κ1) is 20.4. The molecule has 0 aromatic heterocycles. The molecule has 0 amide bonds. The fourth-order valence-electron chi connectivity index (χ4n) is 2.29. The van der Waals surface area contributed by atoms with Crippen LogP contribution < -0.4 is 0 Å². The highest BCUT2D eigenvalue weighted by molar-refractivity contribution is 8.00. The Morgan fingerprint density at radius 3 is 2.17 bits per heavy atom. The molecule has 5 heteroatoms. The van der Waals surface area contributed by atoms with E-state index in [4.69, 9.17) is 0 Å². The van der Waals surface area contributed by atoms with Crippen LogP contribution in [-0.2, 0) is 11.8 Å². The van der Waals surface area contributed by atoms with Crippen molar-refractivity contribution in [2.75, 3.05) is 14.1 Å². The van der Waals surface area contributed by atoms with E-state index in [1.807, 2.05) is 34.9 Å². The summed E-state index contributed by atoms with van der Waals surface area (Å²) in [6, 6.07) is 5.89. The quantitative estimate of drug-likeness (QED) is 0.592. The van der Waals surface area contributed by atoms with Crippen LogP contribution in [0.15, 0.2) is 23.1 Å². The lowest BCUT2D eigenvalue weighted by Gasteiger charge is -2.22. The van der Waals surface area contributed by atoms with Crippen LogP contribution in [0.25, 0.3) is 0 Å². The zero-order chi connectivity index (χ0) is 17.8. The van der Waals surface area contributed by atoms with Crippen LogP contribution >= 0.6 is 11.8 Å². The van der Waals surface area contributed by atoms with Crippen molar-refractivity contribution >= 4 is 11.8 Å². The molecule has 0 aliphatic heterocycles. The lowest BCUT2D eigenvalue weighted by molar-refractivity contribution is -0.0328. The second-order valence-electron chi connectivity index (χ2n) is 7.37. The average molecular weight is 347 g/mol. The van der Waals surface area contributed by atoms with Gasteiger partial charge in [0.25, 0.3) is 0 Å². The summed E-state index contributed by atoms with van der Waals surface area (Å²) in [5.74, 6) is 0. The van der Waals surface area contributed by atoms with Crippen molar-refractivity contribution in [3.63, 3.8) is 0 Å². The summed E-state index contributed by atoms with van der Waals surface area (Å²) in [7, 11) is 4.09. The molecule has 1 nitrogen and oxygen atoms in total. The van der Waals surface area contributed by atoms with Gasteiger partial charge in [0.05, 0.1) is 0 Å². The number of alkyl halides is 3. The van der Waals surface area contributed by atoms with Gasteiger partial charge in [-0.05, 0) is 80.7 Å². The number of benzene rings is 1. The van der Waals surface area contributed by atoms with Gasteiger partial charge < -0.3 is 4.90 Å². The van der Waals surface area contributed by atoms with Crippen molar-refractivity contribution in [3.8, 4) is 0 Å². The maximum absolute atomic E-state index is 12.7. The van der Waals surface area contributed by atoms with Crippen LogP contribution in [-0.4, -0.2) is 30.5 Å². The van der Waals surface area contributed by atoms with Crippen LogP contribution in [0.1, 0.15) is 51.7 Å².